The van der Waals surface area contributed by atoms with Gasteiger partial charge in [0.25, 0.3) is 5.56 Å². The first-order valence-corrected chi connectivity index (χ1v) is 8.14. The Bertz CT molecular complexity index is 945. The summed E-state index contributed by atoms with van der Waals surface area (Å²) in [7, 11) is 1.88. The van der Waals surface area contributed by atoms with E-state index in [0.717, 1.165) is 0 Å². The molecule has 0 aliphatic rings. The van der Waals surface area contributed by atoms with Crippen LogP contribution < -0.4 is 10.3 Å². The molecule has 0 atom stereocenters. The highest BCUT2D eigenvalue weighted by atomic mass is 35.5. The Morgan fingerprint density at radius 1 is 1.28 bits per heavy atom. The van der Waals surface area contributed by atoms with Crippen LogP contribution in [0.1, 0.15) is 5.69 Å². The highest BCUT2D eigenvalue weighted by molar-refractivity contribution is 6.30. The smallest absolute Gasteiger partial charge is 0.258 e. The molecule has 3 aromatic rings. The fourth-order valence-electron chi connectivity index (χ4n) is 2.44. The van der Waals surface area contributed by atoms with Crippen LogP contribution in [0.3, 0.4) is 0 Å². The van der Waals surface area contributed by atoms with Crippen LogP contribution in [0, 0.1) is 5.82 Å². The van der Waals surface area contributed by atoms with Crippen molar-refractivity contribution in [1.29, 1.82) is 0 Å². The summed E-state index contributed by atoms with van der Waals surface area (Å²) in [5.41, 5.74) is 1.02. The molecule has 0 radical (unpaired) electrons. The third-order valence-corrected chi connectivity index (χ3v) is 3.90. The normalized spacial score (nSPS) is 11.2. The molecule has 2 aromatic heterocycles. The largest absolute Gasteiger partial charge is 0.489 e. The minimum atomic E-state index is -0.381. The molecular formula is C18H17ClFN3O2. The Morgan fingerprint density at radius 2 is 2.08 bits per heavy atom. The van der Waals surface area contributed by atoms with E-state index in [1.165, 1.54) is 16.5 Å². The number of fused-ring (bicyclic) bond motifs is 1. The van der Waals surface area contributed by atoms with Gasteiger partial charge >= 0.3 is 0 Å². The number of para-hydroxylation sites is 1. The second kappa shape index (κ2) is 7.63. The van der Waals surface area contributed by atoms with Crippen LogP contribution >= 0.6 is 11.6 Å². The summed E-state index contributed by atoms with van der Waals surface area (Å²) in [6, 6.07) is 11.2. The molecule has 0 bridgehead atoms. The molecule has 1 aromatic carbocycles. The van der Waals surface area contributed by atoms with Gasteiger partial charge in [0.2, 0.25) is 0 Å². The van der Waals surface area contributed by atoms with Crippen LogP contribution in [0.15, 0.2) is 53.5 Å². The number of likely N-dealkylation sites (N-methyl/N-ethyl adjacent to an activating group) is 1. The number of hydrogen-bond acceptors (Lipinski definition) is 4. The van der Waals surface area contributed by atoms with Crippen molar-refractivity contribution >= 4 is 17.2 Å². The van der Waals surface area contributed by atoms with E-state index in [1.54, 1.807) is 36.5 Å². The fourth-order valence-corrected chi connectivity index (χ4v) is 2.60. The number of benzene rings is 1. The molecule has 0 saturated carbocycles. The van der Waals surface area contributed by atoms with Gasteiger partial charge in [-0.15, -0.1) is 0 Å². The third kappa shape index (κ3) is 4.35. The van der Waals surface area contributed by atoms with Gasteiger partial charge in [0.05, 0.1) is 10.7 Å². The van der Waals surface area contributed by atoms with Crippen LogP contribution in [0.2, 0.25) is 5.02 Å². The summed E-state index contributed by atoms with van der Waals surface area (Å²) in [5, 5.41) is 0.478. The number of aromatic nitrogens is 2. The first kappa shape index (κ1) is 17.4. The lowest BCUT2D eigenvalue weighted by atomic mass is 10.3. The van der Waals surface area contributed by atoms with Gasteiger partial charge in [0.1, 0.15) is 12.3 Å². The molecule has 0 aliphatic heterocycles. The van der Waals surface area contributed by atoms with Gasteiger partial charge in [-0.2, -0.15) is 0 Å². The highest BCUT2D eigenvalue weighted by Crippen LogP contribution is 2.15. The molecule has 0 aliphatic carbocycles. The first-order chi connectivity index (χ1) is 12.0. The Morgan fingerprint density at radius 3 is 2.88 bits per heavy atom. The molecular weight excluding hydrogens is 345 g/mol. The zero-order valence-corrected chi connectivity index (χ0v) is 14.4. The van der Waals surface area contributed by atoms with Gasteiger partial charge in [-0.1, -0.05) is 23.7 Å². The van der Waals surface area contributed by atoms with Gasteiger partial charge < -0.3 is 4.74 Å². The molecule has 2 heterocycles. The fraction of sp³-hybridized carbons (Fsp3) is 0.222. The van der Waals surface area contributed by atoms with Crippen molar-refractivity contribution in [3.05, 3.63) is 75.5 Å². The number of rotatable bonds is 6. The SMILES string of the molecule is CN(CCOc1ccccc1F)Cc1cc(=O)n2cc(Cl)ccc2n1. The average Bonchev–Trinajstić information content (AvgIpc) is 2.57. The maximum atomic E-state index is 13.5. The van der Waals surface area contributed by atoms with E-state index in [9.17, 15) is 9.18 Å². The average molecular weight is 362 g/mol. The van der Waals surface area contributed by atoms with Crippen LogP contribution in [-0.4, -0.2) is 34.5 Å². The van der Waals surface area contributed by atoms with E-state index >= 15 is 0 Å². The van der Waals surface area contributed by atoms with Gasteiger partial charge in [0.15, 0.2) is 11.6 Å². The summed E-state index contributed by atoms with van der Waals surface area (Å²) in [4.78, 5) is 18.6. The van der Waals surface area contributed by atoms with Crippen LogP contribution in [0.5, 0.6) is 5.75 Å². The molecule has 25 heavy (non-hydrogen) atoms. The third-order valence-electron chi connectivity index (χ3n) is 3.68. The predicted octanol–water partition coefficient (Wildman–Crippen LogP) is 3.00. The lowest BCUT2D eigenvalue weighted by molar-refractivity contribution is 0.225. The molecule has 3 rings (SSSR count). The summed E-state index contributed by atoms with van der Waals surface area (Å²) >= 11 is 5.90. The Hall–Kier alpha value is -2.44. The second-order valence-electron chi connectivity index (χ2n) is 5.68. The number of nitrogens with zero attached hydrogens (tertiary/aromatic N) is 3. The number of ether oxygens (including phenoxy) is 1. The maximum absolute atomic E-state index is 13.5. The standard InChI is InChI=1S/C18H17ClFN3O2/c1-22(8-9-25-16-5-3-2-4-15(16)20)12-14-10-18(24)23-11-13(19)6-7-17(23)21-14/h2-7,10-11H,8-9,12H2,1H3. The van der Waals surface area contributed by atoms with Crippen molar-refractivity contribution in [3.8, 4) is 5.75 Å². The summed E-state index contributed by atoms with van der Waals surface area (Å²) in [6.45, 7) is 1.38. The van der Waals surface area contributed by atoms with Crippen molar-refractivity contribution in [3.63, 3.8) is 0 Å². The highest BCUT2D eigenvalue weighted by Gasteiger charge is 2.07. The molecule has 7 heteroatoms. The van der Waals surface area contributed by atoms with E-state index in [2.05, 4.69) is 4.98 Å². The van der Waals surface area contributed by atoms with Crippen molar-refractivity contribution in [2.24, 2.45) is 0 Å². The minimum absolute atomic E-state index is 0.182. The minimum Gasteiger partial charge on any atom is -0.489 e. The van der Waals surface area contributed by atoms with Crippen LogP contribution in [-0.2, 0) is 6.54 Å². The van der Waals surface area contributed by atoms with Crippen LogP contribution in [0.25, 0.3) is 5.65 Å². The summed E-state index contributed by atoms with van der Waals surface area (Å²) in [6.07, 6.45) is 1.54. The first-order valence-electron chi connectivity index (χ1n) is 7.76. The van der Waals surface area contributed by atoms with Gasteiger partial charge in [-0.3, -0.25) is 14.1 Å². The zero-order valence-electron chi connectivity index (χ0n) is 13.7. The van der Waals surface area contributed by atoms with Gasteiger partial charge in [-0.05, 0) is 31.3 Å². The van der Waals surface area contributed by atoms with Gasteiger partial charge in [0, 0.05) is 25.4 Å². The number of halogens is 2. The molecule has 130 valence electrons. The zero-order chi connectivity index (χ0) is 17.8. The van der Waals surface area contributed by atoms with Crippen molar-refractivity contribution in [2.75, 3.05) is 20.2 Å². The number of pyridine rings is 1. The summed E-state index contributed by atoms with van der Waals surface area (Å²) in [5.74, 6) is -0.150. The molecule has 0 fully saturated rings. The van der Waals surface area contributed by atoms with E-state index in [0.29, 0.717) is 36.1 Å². The molecule has 0 amide bonds. The predicted molar refractivity (Wildman–Crippen MR) is 94.7 cm³/mol. The van der Waals surface area contributed by atoms with Gasteiger partial charge in [-0.25, -0.2) is 9.37 Å². The Balaban J connectivity index is 1.62. The van der Waals surface area contributed by atoms with Crippen LogP contribution in [0.4, 0.5) is 4.39 Å². The van der Waals surface area contributed by atoms with E-state index in [-0.39, 0.29) is 17.1 Å². The monoisotopic (exact) mass is 361 g/mol. The lowest BCUT2D eigenvalue weighted by Gasteiger charge is -2.17. The Kier molecular flexibility index (Phi) is 5.31. The quantitative estimate of drug-likeness (QED) is 0.677. The maximum Gasteiger partial charge on any atom is 0.258 e. The topological polar surface area (TPSA) is 46.8 Å². The Labute approximate surface area is 149 Å². The van der Waals surface area contributed by atoms with E-state index in [1.807, 2.05) is 11.9 Å². The molecule has 5 nitrogen and oxygen atoms in total. The van der Waals surface area contributed by atoms with Crippen molar-refractivity contribution in [2.45, 2.75) is 6.54 Å². The summed E-state index contributed by atoms with van der Waals surface area (Å²) < 4.78 is 20.3. The lowest BCUT2D eigenvalue weighted by Crippen LogP contribution is -2.26. The molecule has 0 unspecified atom stereocenters. The number of hydrogen-bond donors (Lipinski definition) is 0. The molecule has 0 spiro atoms. The molecule has 0 saturated heterocycles. The van der Waals surface area contributed by atoms with Crippen molar-refractivity contribution < 1.29 is 9.13 Å². The van der Waals surface area contributed by atoms with Crippen molar-refractivity contribution in [1.82, 2.24) is 14.3 Å². The molecule has 0 N–H and O–H groups in total. The van der Waals surface area contributed by atoms with E-state index in [4.69, 9.17) is 16.3 Å². The second-order valence-corrected chi connectivity index (χ2v) is 6.11. The van der Waals surface area contributed by atoms with E-state index < -0.39 is 0 Å².